The zero-order chi connectivity index (χ0) is 21.1. The number of hydrogen-bond donors (Lipinski definition) is 2. The normalized spacial score (nSPS) is 11.3. The summed E-state index contributed by atoms with van der Waals surface area (Å²) < 4.78 is 30.7. The second-order valence-corrected chi connectivity index (χ2v) is 8.68. The summed E-state index contributed by atoms with van der Waals surface area (Å²) in [5.74, 6) is -1.43. The lowest BCUT2D eigenvalue weighted by Gasteiger charge is -2.15. The Hall–Kier alpha value is -2.62. The van der Waals surface area contributed by atoms with Crippen LogP contribution in [0.1, 0.15) is 15.9 Å². The molecule has 0 saturated carbocycles. The van der Waals surface area contributed by atoms with Gasteiger partial charge < -0.3 is 15.8 Å². The van der Waals surface area contributed by atoms with Gasteiger partial charge in [0, 0.05) is 30.5 Å². The first kappa shape index (κ1) is 21.7. The van der Waals surface area contributed by atoms with Crippen LogP contribution in [0.3, 0.4) is 0 Å². The number of carbonyl (C=O) groups excluding carboxylic acids is 2. The Kier molecular flexibility index (Phi) is 6.65. The van der Waals surface area contributed by atoms with Gasteiger partial charge in [0.1, 0.15) is 0 Å². The third kappa shape index (κ3) is 5.00. The van der Waals surface area contributed by atoms with Gasteiger partial charge in [0.15, 0.2) is 6.61 Å². The smallest absolute Gasteiger partial charge is 0.340 e. The van der Waals surface area contributed by atoms with E-state index < -0.39 is 28.5 Å². The maximum atomic E-state index is 12.3. The van der Waals surface area contributed by atoms with Crippen LogP contribution >= 0.6 is 11.6 Å². The molecule has 0 bridgehead atoms. The van der Waals surface area contributed by atoms with Gasteiger partial charge in [-0.15, -0.1) is 0 Å². The summed E-state index contributed by atoms with van der Waals surface area (Å²) in [4.78, 5) is 24.2. The van der Waals surface area contributed by atoms with E-state index in [1.807, 2.05) is 0 Å². The summed E-state index contributed by atoms with van der Waals surface area (Å²) in [7, 11) is -0.831. The van der Waals surface area contributed by atoms with E-state index in [2.05, 4.69) is 5.32 Å². The molecule has 150 valence electrons. The van der Waals surface area contributed by atoms with E-state index >= 15 is 0 Å². The number of nitrogens with one attached hydrogen (secondary N) is 1. The molecule has 0 aliphatic rings. The first-order valence-electron chi connectivity index (χ1n) is 8.07. The molecular weight excluding hydrogens is 406 g/mol. The highest BCUT2D eigenvalue weighted by Gasteiger charge is 2.21. The van der Waals surface area contributed by atoms with Crippen molar-refractivity contribution in [1.29, 1.82) is 0 Å². The number of ether oxygens (including phenoxy) is 1. The molecule has 0 fully saturated rings. The standard InChI is InChI=1S/C18H20ClN3O5S/c1-11-4-6-13(9-16(11)28(25,26)22(2)3)21-17(23)10-27-18(24)14-8-12(19)5-7-15(14)20/h4-9H,10,20H2,1-3H3,(H,21,23). The van der Waals surface area contributed by atoms with Crippen LogP contribution in [0, 0.1) is 6.92 Å². The van der Waals surface area contributed by atoms with E-state index in [4.69, 9.17) is 22.1 Å². The number of nitrogens with two attached hydrogens (primary N) is 1. The molecule has 1 amide bonds. The molecule has 0 atom stereocenters. The largest absolute Gasteiger partial charge is 0.452 e. The molecule has 0 saturated heterocycles. The van der Waals surface area contributed by atoms with Gasteiger partial charge in [-0.05, 0) is 42.8 Å². The predicted molar refractivity (Wildman–Crippen MR) is 107 cm³/mol. The van der Waals surface area contributed by atoms with E-state index in [1.165, 1.54) is 38.4 Å². The van der Waals surface area contributed by atoms with E-state index in [0.717, 1.165) is 4.31 Å². The number of benzene rings is 2. The summed E-state index contributed by atoms with van der Waals surface area (Å²) in [5, 5.41) is 2.80. The first-order chi connectivity index (χ1) is 13.0. The summed E-state index contributed by atoms with van der Waals surface area (Å²) in [6, 6.07) is 8.80. The van der Waals surface area contributed by atoms with Crippen LogP contribution in [0.5, 0.6) is 0 Å². The second-order valence-electron chi connectivity index (χ2n) is 6.12. The molecule has 0 aromatic heterocycles. The number of hydrogen-bond acceptors (Lipinski definition) is 6. The molecule has 0 unspecified atom stereocenters. The van der Waals surface area contributed by atoms with Crippen LogP contribution < -0.4 is 11.1 Å². The fraction of sp³-hybridized carbons (Fsp3) is 0.222. The summed E-state index contributed by atoms with van der Waals surface area (Å²) in [5.41, 5.74) is 6.71. The highest BCUT2D eigenvalue weighted by atomic mass is 35.5. The fourth-order valence-electron chi connectivity index (χ4n) is 2.26. The predicted octanol–water partition coefficient (Wildman–Crippen LogP) is 2.28. The summed E-state index contributed by atoms with van der Waals surface area (Å²) in [6.07, 6.45) is 0. The molecule has 0 heterocycles. The SMILES string of the molecule is Cc1ccc(NC(=O)COC(=O)c2cc(Cl)ccc2N)cc1S(=O)(=O)N(C)C. The average molecular weight is 426 g/mol. The molecule has 3 N–H and O–H groups in total. The number of carbonyl (C=O) groups is 2. The van der Waals surface area contributed by atoms with E-state index in [-0.39, 0.29) is 21.8 Å². The minimum Gasteiger partial charge on any atom is -0.452 e. The molecule has 2 rings (SSSR count). The summed E-state index contributed by atoms with van der Waals surface area (Å²) >= 11 is 5.82. The van der Waals surface area contributed by atoms with Gasteiger partial charge in [-0.1, -0.05) is 17.7 Å². The van der Waals surface area contributed by atoms with Crippen LogP contribution in [0.4, 0.5) is 11.4 Å². The number of nitrogen functional groups attached to an aromatic ring is 1. The van der Waals surface area contributed by atoms with Gasteiger partial charge in [0.05, 0.1) is 10.5 Å². The third-order valence-corrected chi connectivity index (χ3v) is 5.99. The van der Waals surface area contributed by atoms with Crippen LogP contribution in [-0.2, 0) is 19.6 Å². The van der Waals surface area contributed by atoms with Crippen molar-refractivity contribution in [2.24, 2.45) is 0 Å². The molecular formula is C18H20ClN3O5S. The zero-order valence-electron chi connectivity index (χ0n) is 15.5. The minimum absolute atomic E-state index is 0.0509. The number of esters is 1. The maximum Gasteiger partial charge on any atom is 0.340 e. The number of amides is 1. The molecule has 8 nitrogen and oxygen atoms in total. The van der Waals surface area contributed by atoms with Gasteiger partial charge in [-0.2, -0.15) is 0 Å². The second kappa shape index (κ2) is 8.59. The Morgan fingerprint density at radius 2 is 1.86 bits per heavy atom. The maximum absolute atomic E-state index is 12.3. The minimum atomic E-state index is -3.67. The van der Waals surface area contributed by atoms with Crippen LogP contribution in [0.15, 0.2) is 41.3 Å². The number of aryl methyl sites for hydroxylation is 1. The molecule has 0 spiro atoms. The molecule has 0 aliphatic carbocycles. The monoisotopic (exact) mass is 425 g/mol. The highest BCUT2D eigenvalue weighted by Crippen LogP contribution is 2.22. The van der Waals surface area contributed by atoms with Crippen LogP contribution in [0.25, 0.3) is 0 Å². The van der Waals surface area contributed by atoms with Crippen LogP contribution in [0.2, 0.25) is 5.02 Å². The number of sulfonamides is 1. The van der Waals surface area contributed by atoms with Crippen molar-refractivity contribution in [3.8, 4) is 0 Å². The summed E-state index contributed by atoms with van der Waals surface area (Å²) in [6.45, 7) is 1.08. The lowest BCUT2D eigenvalue weighted by atomic mass is 10.2. The molecule has 0 aliphatic heterocycles. The van der Waals surface area contributed by atoms with Crippen molar-refractivity contribution < 1.29 is 22.7 Å². The Balaban J connectivity index is 2.08. The Bertz CT molecular complexity index is 1020. The molecule has 28 heavy (non-hydrogen) atoms. The van der Waals surface area contributed by atoms with Crippen molar-refractivity contribution in [3.63, 3.8) is 0 Å². The van der Waals surface area contributed by atoms with Crippen molar-refractivity contribution in [1.82, 2.24) is 4.31 Å². The average Bonchev–Trinajstić information content (AvgIpc) is 2.63. The lowest BCUT2D eigenvalue weighted by molar-refractivity contribution is -0.119. The van der Waals surface area contributed by atoms with Crippen molar-refractivity contribution >= 4 is 44.9 Å². The van der Waals surface area contributed by atoms with Crippen molar-refractivity contribution in [3.05, 3.63) is 52.5 Å². The highest BCUT2D eigenvalue weighted by molar-refractivity contribution is 7.89. The number of nitrogens with zero attached hydrogens (tertiary/aromatic N) is 1. The lowest BCUT2D eigenvalue weighted by Crippen LogP contribution is -2.24. The van der Waals surface area contributed by atoms with Gasteiger partial charge >= 0.3 is 5.97 Å². The van der Waals surface area contributed by atoms with E-state index in [1.54, 1.807) is 19.1 Å². The molecule has 2 aromatic carbocycles. The first-order valence-corrected chi connectivity index (χ1v) is 9.89. The van der Waals surface area contributed by atoms with E-state index in [9.17, 15) is 18.0 Å². The van der Waals surface area contributed by atoms with Gasteiger partial charge in [-0.3, -0.25) is 4.79 Å². The Morgan fingerprint density at radius 1 is 1.18 bits per heavy atom. The van der Waals surface area contributed by atoms with Crippen LogP contribution in [-0.4, -0.2) is 45.3 Å². The number of anilines is 2. The third-order valence-electron chi connectivity index (χ3n) is 3.80. The molecule has 10 heteroatoms. The Morgan fingerprint density at radius 3 is 2.50 bits per heavy atom. The molecule has 2 aromatic rings. The quantitative estimate of drug-likeness (QED) is 0.541. The topological polar surface area (TPSA) is 119 Å². The van der Waals surface area contributed by atoms with Gasteiger partial charge in [0.2, 0.25) is 10.0 Å². The number of halogens is 1. The van der Waals surface area contributed by atoms with Crippen molar-refractivity contribution in [2.45, 2.75) is 11.8 Å². The van der Waals surface area contributed by atoms with E-state index in [0.29, 0.717) is 10.6 Å². The van der Waals surface area contributed by atoms with Gasteiger partial charge in [0.25, 0.3) is 5.91 Å². The zero-order valence-corrected chi connectivity index (χ0v) is 17.1. The Labute approximate surface area is 168 Å². The van der Waals surface area contributed by atoms with Crippen molar-refractivity contribution in [2.75, 3.05) is 31.8 Å². The fourth-order valence-corrected chi connectivity index (χ4v) is 3.58. The molecule has 0 radical (unpaired) electrons. The van der Waals surface area contributed by atoms with Gasteiger partial charge in [-0.25, -0.2) is 17.5 Å². The number of rotatable bonds is 6.